The largest absolute Gasteiger partial charge is 0.474 e. The Kier molecular flexibility index (Phi) is 5.80. The Morgan fingerprint density at radius 1 is 1.00 bits per heavy atom. The first-order valence-corrected chi connectivity index (χ1v) is 11.2. The topological polar surface area (TPSA) is 76.4 Å². The van der Waals surface area contributed by atoms with Gasteiger partial charge in [-0.1, -0.05) is 0 Å². The number of nitrogens with zero attached hydrogens (tertiary/aromatic N) is 6. The Morgan fingerprint density at radius 3 is 2.65 bits per heavy atom. The van der Waals surface area contributed by atoms with Gasteiger partial charge in [-0.05, 0) is 49.9 Å². The van der Waals surface area contributed by atoms with E-state index in [-0.39, 0.29) is 11.8 Å². The number of hydrogen-bond acceptors (Lipinski definition) is 7. The van der Waals surface area contributed by atoms with Crippen LogP contribution in [-0.2, 0) is 6.54 Å². The first kappa shape index (κ1) is 19.9. The van der Waals surface area contributed by atoms with Crippen LogP contribution in [0.3, 0.4) is 0 Å². The van der Waals surface area contributed by atoms with Crippen LogP contribution in [0.2, 0.25) is 0 Å². The van der Waals surface area contributed by atoms with Gasteiger partial charge in [-0.15, -0.1) is 0 Å². The fourth-order valence-electron chi connectivity index (χ4n) is 4.51. The minimum Gasteiger partial charge on any atom is -0.474 e. The Morgan fingerprint density at radius 2 is 1.84 bits per heavy atom. The van der Waals surface area contributed by atoms with Gasteiger partial charge in [-0.3, -0.25) is 9.47 Å². The number of piperazine rings is 1. The molecule has 0 unspecified atom stereocenters. The Labute approximate surface area is 181 Å². The molecule has 2 aliphatic rings. The molecule has 2 aromatic heterocycles. The number of fused-ring (bicyclic) bond motifs is 1. The third kappa shape index (κ3) is 4.54. The lowest BCUT2D eigenvalue weighted by Gasteiger charge is -2.36. The number of aromatic nitrogens is 4. The maximum absolute atomic E-state index is 11.8. The van der Waals surface area contributed by atoms with Crippen LogP contribution in [0.15, 0.2) is 47.8 Å². The highest BCUT2D eigenvalue weighted by Crippen LogP contribution is 2.30. The van der Waals surface area contributed by atoms with Crippen molar-refractivity contribution in [2.75, 3.05) is 37.6 Å². The van der Waals surface area contributed by atoms with Gasteiger partial charge in [0.25, 0.3) is 0 Å². The summed E-state index contributed by atoms with van der Waals surface area (Å²) < 4.78 is 7.89. The summed E-state index contributed by atoms with van der Waals surface area (Å²) in [6.45, 7) is 5.33. The summed E-state index contributed by atoms with van der Waals surface area (Å²) in [5, 5.41) is 0.991. The van der Waals surface area contributed by atoms with E-state index in [4.69, 9.17) is 4.74 Å². The maximum Gasteiger partial charge on any atom is 0.347 e. The minimum atomic E-state index is -0.185. The lowest BCUT2D eigenvalue weighted by atomic mass is 10.2. The summed E-state index contributed by atoms with van der Waals surface area (Å²) in [6, 6.07) is 8.17. The number of rotatable bonds is 6. The second kappa shape index (κ2) is 9.01. The van der Waals surface area contributed by atoms with E-state index in [1.54, 1.807) is 23.2 Å². The summed E-state index contributed by atoms with van der Waals surface area (Å²) in [7, 11) is 0. The molecule has 2 fully saturated rings. The highest BCUT2D eigenvalue weighted by molar-refractivity contribution is 5.86. The third-order valence-electron chi connectivity index (χ3n) is 6.34. The standard InChI is InChI=1S/C23H28N6O2/c30-23-24-8-3-9-29(23)15-12-27-10-13-28(14-11-27)18-6-7-21-20(16-18)22(26-17-25-21)31-19-4-1-2-5-19/h3,6-9,16-17,19H,1-2,4-5,10-15H2. The summed E-state index contributed by atoms with van der Waals surface area (Å²) >= 11 is 0. The van der Waals surface area contributed by atoms with E-state index >= 15 is 0 Å². The molecule has 0 bridgehead atoms. The van der Waals surface area contributed by atoms with Gasteiger partial charge in [0.05, 0.1) is 10.9 Å². The normalized spacial score (nSPS) is 18.0. The van der Waals surface area contributed by atoms with Crippen molar-refractivity contribution in [2.45, 2.75) is 38.3 Å². The van der Waals surface area contributed by atoms with Gasteiger partial charge >= 0.3 is 5.69 Å². The first-order valence-electron chi connectivity index (χ1n) is 11.2. The van der Waals surface area contributed by atoms with Crippen molar-refractivity contribution in [3.05, 3.63) is 53.5 Å². The van der Waals surface area contributed by atoms with Crippen molar-refractivity contribution in [1.29, 1.82) is 0 Å². The smallest absolute Gasteiger partial charge is 0.347 e. The molecule has 1 aliphatic heterocycles. The van der Waals surface area contributed by atoms with Gasteiger partial charge in [-0.2, -0.15) is 0 Å². The average Bonchev–Trinajstić information content (AvgIpc) is 3.32. The molecule has 3 aromatic rings. The van der Waals surface area contributed by atoms with E-state index in [0.717, 1.165) is 56.5 Å². The average molecular weight is 421 g/mol. The van der Waals surface area contributed by atoms with Crippen LogP contribution in [0.25, 0.3) is 10.9 Å². The number of anilines is 1. The van der Waals surface area contributed by atoms with E-state index in [1.807, 2.05) is 0 Å². The van der Waals surface area contributed by atoms with Crippen molar-refractivity contribution in [3.8, 4) is 5.88 Å². The maximum atomic E-state index is 11.8. The van der Waals surface area contributed by atoms with E-state index < -0.39 is 0 Å². The Hall–Kier alpha value is -3.00. The SMILES string of the molecule is O=c1ncccn1CCN1CCN(c2ccc3ncnc(OC4CCCC4)c3c2)CC1. The molecule has 8 heteroatoms. The fraction of sp³-hybridized carbons (Fsp3) is 0.478. The van der Waals surface area contributed by atoms with Gasteiger partial charge < -0.3 is 9.64 Å². The number of ether oxygens (including phenoxy) is 1. The van der Waals surface area contributed by atoms with E-state index in [2.05, 4.69) is 43.0 Å². The van der Waals surface area contributed by atoms with Gasteiger partial charge in [0.15, 0.2) is 0 Å². The highest BCUT2D eigenvalue weighted by Gasteiger charge is 2.20. The Bertz CT molecular complexity index is 1090. The third-order valence-corrected chi connectivity index (χ3v) is 6.34. The summed E-state index contributed by atoms with van der Waals surface area (Å²) in [5.74, 6) is 0.708. The number of hydrogen-bond donors (Lipinski definition) is 0. The minimum absolute atomic E-state index is 0.185. The lowest BCUT2D eigenvalue weighted by molar-refractivity contribution is 0.204. The van der Waals surface area contributed by atoms with E-state index in [1.165, 1.54) is 24.7 Å². The molecule has 1 aliphatic carbocycles. The first-order chi connectivity index (χ1) is 15.3. The zero-order valence-electron chi connectivity index (χ0n) is 17.7. The predicted molar refractivity (Wildman–Crippen MR) is 120 cm³/mol. The molecule has 1 saturated heterocycles. The molecule has 0 radical (unpaired) electrons. The number of benzene rings is 1. The van der Waals surface area contributed by atoms with Crippen LogP contribution in [0.1, 0.15) is 25.7 Å². The monoisotopic (exact) mass is 420 g/mol. The van der Waals surface area contributed by atoms with E-state index in [9.17, 15) is 4.79 Å². The molecule has 1 aromatic carbocycles. The van der Waals surface area contributed by atoms with Gasteiger partial charge in [0.1, 0.15) is 12.4 Å². The molecule has 8 nitrogen and oxygen atoms in total. The molecule has 5 rings (SSSR count). The zero-order valence-corrected chi connectivity index (χ0v) is 17.7. The summed E-state index contributed by atoms with van der Waals surface area (Å²) in [5.41, 5.74) is 1.92. The molecule has 0 spiro atoms. The van der Waals surface area contributed by atoms with Crippen molar-refractivity contribution in [1.82, 2.24) is 24.4 Å². The van der Waals surface area contributed by atoms with Crippen LogP contribution in [-0.4, -0.2) is 63.2 Å². The van der Waals surface area contributed by atoms with Crippen molar-refractivity contribution < 1.29 is 4.74 Å². The van der Waals surface area contributed by atoms with Crippen LogP contribution < -0.4 is 15.3 Å². The quantitative estimate of drug-likeness (QED) is 0.606. The molecular formula is C23H28N6O2. The molecule has 162 valence electrons. The van der Waals surface area contributed by atoms with E-state index in [0.29, 0.717) is 12.4 Å². The molecule has 3 heterocycles. The fourth-order valence-corrected chi connectivity index (χ4v) is 4.51. The zero-order chi connectivity index (χ0) is 21.0. The molecular weight excluding hydrogens is 392 g/mol. The second-order valence-electron chi connectivity index (χ2n) is 8.33. The molecule has 0 amide bonds. The van der Waals surface area contributed by atoms with Crippen molar-refractivity contribution in [3.63, 3.8) is 0 Å². The van der Waals surface area contributed by atoms with Gasteiger partial charge in [-0.25, -0.2) is 19.7 Å². The summed E-state index contributed by atoms with van der Waals surface area (Å²) in [4.78, 5) is 29.3. The molecule has 0 N–H and O–H groups in total. The Balaban J connectivity index is 1.24. The molecule has 1 saturated carbocycles. The molecule has 0 atom stereocenters. The molecule has 31 heavy (non-hydrogen) atoms. The van der Waals surface area contributed by atoms with Crippen LogP contribution >= 0.6 is 0 Å². The van der Waals surface area contributed by atoms with Crippen LogP contribution in [0, 0.1) is 0 Å². The van der Waals surface area contributed by atoms with Crippen LogP contribution in [0.5, 0.6) is 5.88 Å². The highest BCUT2D eigenvalue weighted by atomic mass is 16.5. The van der Waals surface area contributed by atoms with Crippen LogP contribution in [0.4, 0.5) is 5.69 Å². The summed E-state index contributed by atoms with van der Waals surface area (Å²) in [6.07, 6.45) is 9.90. The predicted octanol–water partition coefficient (Wildman–Crippen LogP) is 2.33. The van der Waals surface area contributed by atoms with Crippen molar-refractivity contribution >= 4 is 16.6 Å². The van der Waals surface area contributed by atoms with Gasteiger partial charge in [0.2, 0.25) is 5.88 Å². The van der Waals surface area contributed by atoms with Gasteiger partial charge in [0, 0.05) is 57.3 Å². The van der Waals surface area contributed by atoms with Crippen molar-refractivity contribution in [2.24, 2.45) is 0 Å². The second-order valence-corrected chi connectivity index (χ2v) is 8.33. The lowest BCUT2D eigenvalue weighted by Crippen LogP contribution is -2.47.